The Morgan fingerprint density at radius 1 is 1.24 bits per heavy atom. The van der Waals surface area contributed by atoms with Crippen LogP contribution in [0.3, 0.4) is 0 Å². The maximum absolute atomic E-state index is 12.1. The molecule has 1 heterocycles. The molecule has 8 nitrogen and oxygen atoms in total. The summed E-state index contributed by atoms with van der Waals surface area (Å²) in [4.78, 5) is 24.0. The Labute approximate surface area is 145 Å². The predicted molar refractivity (Wildman–Crippen MR) is 89.5 cm³/mol. The number of nitrogens with one attached hydrogen (secondary N) is 1. The van der Waals surface area contributed by atoms with E-state index in [1.807, 2.05) is 6.07 Å². The molecule has 1 atom stereocenters. The molecule has 0 aliphatic heterocycles. The van der Waals surface area contributed by atoms with Crippen molar-refractivity contribution >= 4 is 11.9 Å². The van der Waals surface area contributed by atoms with Gasteiger partial charge in [-0.05, 0) is 24.6 Å². The van der Waals surface area contributed by atoms with E-state index in [4.69, 9.17) is 14.2 Å². The first kappa shape index (κ1) is 18.3. The van der Waals surface area contributed by atoms with Gasteiger partial charge in [0.1, 0.15) is 0 Å². The van der Waals surface area contributed by atoms with Gasteiger partial charge in [0, 0.05) is 19.8 Å². The number of methoxy groups -OCH3 is 2. The first-order valence-corrected chi connectivity index (χ1v) is 7.62. The van der Waals surface area contributed by atoms with Gasteiger partial charge in [0.15, 0.2) is 17.6 Å². The van der Waals surface area contributed by atoms with Crippen molar-refractivity contribution in [3.05, 3.63) is 41.7 Å². The van der Waals surface area contributed by atoms with Crippen LogP contribution in [0.4, 0.5) is 0 Å². The van der Waals surface area contributed by atoms with Crippen molar-refractivity contribution in [3.8, 4) is 11.5 Å². The van der Waals surface area contributed by atoms with Crippen LogP contribution in [0.5, 0.6) is 11.5 Å². The smallest absolute Gasteiger partial charge is 0.342 e. The normalized spacial score (nSPS) is 11.5. The molecule has 134 valence electrons. The molecule has 0 saturated heterocycles. The molecule has 8 heteroatoms. The summed E-state index contributed by atoms with van der Waals surface area (Å²) in [6.45, 7) is 1.78. The molecule has 1 aromatic heterocycles. The number of aromatic nitrogens is 2. The lowest BCUT2D eigenvalue weighted by atomic mass is 10.2. The van der Waals surface area contributed by atoms with Crippen molar-refractivity contribution in [1.29, 1.82) is 0 Å². The van der Waals surface area contributed by atoms with Crippen LogP contribution in [0.15, 0.2) is 30.6 Å². The van der Waals surface area contributed by atoms with E-state index in [1.54, 1.807) is 33.4 Å². The Hall–Kier alpha value is -3.03. The number of benzene rings is 1. The van der Waals surface area contributed by atoms with E-state index in [-0.39, 0.29) is 6.54 Å². The number of carbonyl (C=O) groups is 2. The standard InChI is InChI=1S/C17H21N3O5/c1-11(25-17(22)13-9-19-20(2)10-13)16(21)18-8-12-5-6-14(23-3)15(7-12)24-4/h5-7,9-11H,8H2,1-4H3,(H,18,21)/t11-/m0/s1. The maximum atomic E-state index is 12.1. The van der Waals surface area contributed by atoms with E-state index in [1.165, 1.54) is 24.0 Å². The van der Waals surface area contributed by atoms with Gasteiger partial charge in [0.2, 0.25) is 0 Å². The number of esters is 1. The third-order valence-electron chi connectivity index (χ3n) is 3.51. The summed E-state index contributed by atoms with van der Waals surface area (Å²) < 4.78 is 17.0. The summed E-state index contributed by atoms with van der Waals surface area (Å²) in [5.74, 6) is 0.190. The molecule has 0 radical (unpaired) electrons. The first-order valence-electron chi connectivity index (χ1n) is 7.62. The highest BCUT2D eigenvalue weighted by atomic mass is 16.5. The lowest BCUT2D eigenvalue weighted by Crippen LogP contribution is -2.35. The SMILES string of the molecule is COc1ccc(CNC(=O)[C@H](C)OC(=O)c2cnn(C)c2)cc1OC. The molecule has 0 fully saturated rings. The summed E-state index contributed by atoms with van der Waals surface area (Å²) in [5.41, 5.74) is 1.12. The second-order valence-electron chi connectivity index (χ2n) is 5.36. The third kappa shape index (κ3) is 4.72. The van der Waals surface area contributed by atoms with E-state index in [0.717, 1.165) is 5.56 Å². The lowest BCUT2D eigenvalue weighted by Gasteiger charge is -2.14. The quantitative estimate of drug-likeness (QED) is 0.759. The minimum absolute atomic E-state index is 0.272. The van der Waals surface area contributed by atoms with Crippen LogP contribution in [0.2, 0.25) is 0 Å². The molecule has 2 rings (SSSR count). The zero-order chi connectivity index (χ0) is 18.4. The molecule has 1 amide bonds. The minimum atomic E-state index is -0.923. The van der Waals surface area contributed by atoms with Gasteiger partial charge < -0.3 is 19.5 Å². The molecule has 0 aliphatic carbocycles. The number of amides is 1. The summed E-state index contributed by atoms with van der Waals surface area (Å²) in [6, 6.07) is 5.34. The van der Waals surface area contributed by atoms with E-state index in [2.05, 4.69) is 10.4 Å². The second-order valence-corrected chi connectivity index (χ2v) is 5.36. The molecule has 0 spiro atoms. The average molecular weight is 347 g/mol. The van der Waals surface area contributed by atoms with Crippen LogP contribution >= 0.6 is 0 Å². The topological polar surface area (TPSA) is 91.7 Å². The fourth-order valence-corrected chi connectivity index (χ4v) is 2.13. The fraction of sp³-hybridized carbons (Fsp3) is 0.353. The molecule has 0 unspecified atom stereocenters. The first-order chi connectivity index (χ1) is 11.9. The Bertz CT molecular complexity index is 756. The van der Waals surface area contributed by atoms with E-state index >= 15 is 0 Å². The van der Waals surface area contributed by atoms with Crippen molar-refractivity contribution < 1.29 is 23.8 Å². The molecular weight excluding hydrogens is 326 g/mol. The maximum Gasteiger partial charge on any atom is 0.342 e. The average Bonchev–Trinajstić information content (AvgIpc) is 3.05. The van der Waals surface area contributed by atoms with Gasteiger partial charge in [-0.3, -0.25) is 9.48 Å². The Morgan fingerprint density at radius 3 is 2.56 bits per heavy atom. The van der Waals surface area contributed by atoms with Crippen LogP contribution in [0.1, 0.15) is 22.8 Å². The molecule has 2 aromatic rings. The van der Waals surface area contributed by atoms with Gasteiger partial charge in [0.25, 0.3) is 5.91 Å². The predicted octanol–water partition coefficient (Wildman–Crippen LogP) is 1.30. The van der Waals surface area contributed by atoms with Crippen LogP contribution in [0.25, 0.3) is 0 Å². The van der Waals surface area contributed by atoms with Gasteiger partial charge in [-0.2, -0.15) is 5.10 Å². The third-order valence-corrected chi connectivity index (χ3v) is 3.51. The number of ether oxygens (including phenoxy) is 3. The summed E-state index contributed by atoms with van der Waals surface area (Å²) in [7, 11) is 4.79. The number of hydrogen-bond acceptors (Lipinski definition) is 6. The van der Waals surface area contributed by atoms with Gasteiger partial charge in [0.05, 0.1) is 26.0 Å². The van der Waals surface area contributed by atoms with Gasteiger partial charge in [-0.25, -0.2) is 4.79 Å². The second kappa shape index (κ2) is 8.18. The van der Waals surface area contributed by atoms with Crippen molar-refractivity contribution in [2.45, 2.75) is 19.6 Å². The molecular formula is C17H21N3O5. The van der Waals surface area contributed by atoms with Crippen molar-refractivity contribution in [2.75, 3.05) is 14.2 Å². The highest BCUT2D eigenvalue weighted by Gasteiger charge is 2.19. The lowest BCUT2D eigenvalue weighted by molar-refractivity contribution is -0.129. The van der Waals surface area contributed by atoms with Crippen LogP contribution in [-0.2, 0) is 23.1 Å². The number of nitrogens with zero attached hydrogens (tertiary/aromatic N) is 2. The fourth-order valence-electron chi connectivity index (χ4n) is 2.13. The van der Waals surface area contributed by atoms with Crippen molar-refractivity contribution in [1.82, 2.24) is 15.1 Å². The largest absolute Gasteiger partial charge is 0.493 e. The van der Waals surface area contributed by atoms with Crippen molar-refractivity contribution in [3.63, 3.8) is 0 Å². The van der Waals surface area contributed by atoms with Gasteiger partial charge in [-0.15, -0.1) is 0 Å². The Morgan fingerprint density at radius 2 is 1.96 bits per heavy atom. The van der Waals surface area contributed by atoms with Crippen LogP contribution in [-0.4, -0.2) is 42.0 Å². The molecule has 1 aromatic carbocycles. The molecule has 0 bridgehead atoms. The summed E-state index contributed by atoms with van der Waals surface area (Å²) in [6.07, 6.45) is 1.99. The molecule has 0 saturated carbocycles. The number of carbonyl (C=O) groups excluding carboxylic acids is 2. The van der Waals surface area contributed by atoms with E-state index in [0.29, 0.717) is 17.1 Å². The molecule has 25 heavy (non-hydrogen) atoms. The molecule has 1 N–H and O–H groups in total. The van der Waals surface area contributed by atoms with Gasteiger partial charge >= 0.3 is 5.97 Å². The van der Waals surface area contributed by atoms with E-state index in [9.17, 15) is 9.59 Å². The zero-order valence-corrected chi connectivity index (χ0v) is 14.6. The monoisotopic (exact) mass is 347 g/mol. The van der Waals surface area contributed by atoms with Gasteiger partial charge in [-0.1, -0.05) is 6.07 Å². The Kier molecular flexibility index (Phi) is 5.99. The summed E-state index contributed by atoms with van der Waals surface area (Å²) in [5, 5.41) is 6.61. The Balaban J connectivity index is 1.90. The van der Waals surface area contributed by atoms with Crippen molar-refractivity contribution in [2.24, 2.45) is 7.05 Å². The molecule has 0 aliphatic rings. The number of hydrogen-bond donors (Lipinski definition) is 1. The summed E-state index contributed by atoms with van der Waals surface area (Å²) >= 11 is 0. The van der Waals surface area contributed by atoms with E-state index < -0.39 is 18.0 Å². The number of aryl methyl sites for hydroxylation is 1. The highest BCUT2D eigenvalue weighted by Crippen LogP contribution is 2.27. The zero-order valence-electron chi connectivity index (χ0n) is 14.6. The van der Waals surface area contributed by atoms with Crippen LogP contribution in [0, 0.1) is 0 Å². The number of rotatable bonds is 7. The highest BCUT2D eigenvalue weighted by molar-refractivity contribution is 5.91. The minimum Gasteiger partial charge on any atom is -0.493 e. The van der Waals surface area contributed by atoms with Crippen LogP contribution < -0.4 is 14.8 Å².